The Bertz CT molecular complexity index is 847. The van der Waals surface area contributed by atoms with Crippen molar-refractivity contribution in [2.24, 2.45) is 0 Å². The maximum absolute atomic E-state index is 13.0. The Morgan fingerprint density at radius 2 is 1.57 bits per heavy atom. The summed E-state index contributed by atoms with van der Waals surface area (Å²) in [4.78, 5) is 28.9. The van der Waals surface area contributed by atoms with Gasteiger partial charge < -0.3 is 15.5 Å². The SMILES string of the molecule is CN(C)c1ccc(C(CNC(=O)C(=O)NCc2ccc(F)cc2)N2CCCC2)cc1. The van der Waals surface area contributed by atoms with Crippen LogP contribution in [0.2, 0.25) is 0 Å². The standard InChI is InChI=1S/C23H29FN4O2/c1-27(2)20-11-7-18(8-12-20)21(28-13-3-4-14-28)16-26-23(30)22(29)25-15-17-5-9-19(24)10-6-17/h5-12,21H,3-4,13-16H2,1-2H3,(H,25,29)(H,26,30). The first-order valence-electron chi connectivity index (χ1n) is 10.3. The van der Waals surface area contributed by atoms with E-state index in [0.29, 0.717) is 6.54 Å². The van der Waals surface area contributed by atoms with Crippen LogP contribution in [0.5, 0.6) is 0 Å². The van der Waals surface area contributed by atoms with Gasteiger partial charge in [-0.15, -0.1) is 0 Å². The summed E-state index contributed by atoms with van der Waals surface area (Å²) in [5.74, 6) is -1.69. The van der Waals surface area contributed by atoms with E-state index >= 15 is 0 Å². The molecule has 1 fully saturated rings. The lowest BCUT2D eigenvalue weighted by molar-refractivity contribution is -0.139. The number of hydrogen-bond acceptors (Lipinski definition) is 4. The van der Waals surface area contributed by atoms with Crippen LogP contribution in [-0.2, 0) is 16.1 Å². The van der Waals surface area contributed by atoms with Crippen molar-refractivity contribution in [3.63, 3.8) is 0 Å². The molecule has 0 bridgehead atoms. The summed E-state index contributed by atoms with van der Waals surface area (Å²) < 4.78 is 13.0. The molecule has 0 saturated carbocycles. The van der Waals surface area contributed by atoms with E-state index in [1.54, 1.807) is 12.1 Å². The van der Waals surface area contributed by atoms with Crippen LogP contribution in [0.15, 0.2) is 48.5 Å². The highest BCUT2D eigenvalue weighted by Gasteiger charge is 2.25. The van der Waals surface area contributed by atoms with Crippen molar-refractivity contribution in [3.8, 4) is 0 Å². The van der Waals surface area contributed by atoms with Crippen LogP contribution in [0.1, 0.15) is 30.0 Å². The number of carbonyl (C=O) groups is 2. The zero-order valence-corrected chi connectivity index (χ0v) is 17.5. The van der Waals surface area contributed by atoms with Crippen molar-refractivity contribution in [1.29, 1.82) is 0 Å². The average Bonchev–Trinajstić information content (AvgIpc) is 3.28. The number of hydrogen-bond donors (Lipinski definition) is 2. The number of nitrogens with zero attached hydrogens (tertiary/aromatic N) is 2. The van der Waals surface area contributed by atoms with E-state index in [1.165, 1.54) is 12.1 Å². The van der Waals surface area contributed by atoms with Gasteiger partial charge in [-0.2, -0.15) is 0 Å². The molecule has 2 aromatic carbocycles. The highest BCUT2D eigenvalue weighted by atomic mass is 19.1. The Hall–Kier alpha value is -2.93. The fourth-order valence-corrected chi connectivity index (χ4v) is 3.64. The van der Waals surface area contributed by atoms with Crippen LogP contribution in [-0.4, -0.2) is 50.4 Å². The number of rotatable bonds is 7. The molecule has 0 aromatic heterocycles. The first-order valence-corrected chi connectivity index (χ1v) is 10.3. The summed E-state index contributed by atoms with van der Waals surface area (Å²) in [5.41, 5.74) is 2.96. The smallest absolute Gasteiger partial charge is 0.309 e. The maximum Gasteiger partial charge on any atom is 0.309 e. The van der Waals surface area contributed by atoms with Crippen LogP contribution < -0.4 is 15.5 Å². The molecule has 1 heterocycles. The summed E-state index contributed by atoms with van der Waals surface area (Å²) in [6, 6.07) is 14.1. The van der Waals surface area contributed by atoms with Gasteiger partial charge in [0.05, 0.1) is 6.04 Å². The van der Waals surface area contributed by atoms with Crippen LogP contribution in [0.4, 0.5) is 10.1 Å². The van der Waals surface area contributed by atoms with Crippen LogP contribution in [0, 0.1) is 5.82 Å². The van der Waals surface area contributed by atoms with Crippen molar-refractivity contribution in [3.05, 3.63) is 65.5 Å². The Morgan fingerprint density at radius 1 is 0.967 bits per heavy atom. The molecule has 0 spiro atoms. The predicted molar refractivity (Wildman–Crippen MR) is 116 cm³/mol. The Morgan fingerprint density at radius 3 is 2.17 bits per heavy atom. The summed E-state index contributed by atoms with van der Waals surface area (Å²) in [6.07, 6.45) is 2.27. The average molecular weight is 413 g/mol. The predicted octanol–water partition coefficient (Wildman–Crippen LogP) is 2.46. The lowest BCUT2D eigenvalue weighted by atomic mass is 10.0. The van der Waals surface area contributed by atoms with Crippen LogP contribution >= 0.6 is 0 Å². The molecule has 2 amide bonds. The summed E-state index contributed by atoms with van der Waals surface area (Å²) in [5, 5.41) is 5.36. The van der Waals surface area contributed by atoms with E-state index in [-0.39, 0.29) is 18.4 Å². The molecule has 0 radical (unpaired) electrons. The van der Waals surface area contributed by atoms with Crippen LogP contribution in [0.25, 0.3) is 0 Å². The number of anilines is 1. The van der Waals surface area contributed by atoms with Gasteiger partial charge >= 0.3 is 11.8 Å². The van der Waals surface area contributed by atoms with Gasteiger partial charge in [0, 0.05) is 32.9 Å². The van der Waals surface area contributed by atoms with E-state index in [1.807, 2.05) is 19.0 Å². The molecule has 1 aliphatic heterocycles. The van der Waals surface area contributed by atoms with Crippen molar-refractivity contribution in [2.75, 3.05) is 38.6 Å². The summed E-state index contributed by atoms with van der Waals surface area (Å²) >= 11 is 0. The normalized spacial score (nSPS) is 14.9. The van der Waals surface area contributed by atoms with Crippen molar-refractivity contribution < 1.29 is 14.0 Å². The molecule has 30 heavy (non-hydrogen) atoms. The second kappa shape index (κ2) is 10.2. The zero-order chi connectivity index (χ0) is 21.5. The van der Waals surface area contributed by atoms with Gasteiger partial charge in [0.15, 0.2) is 0 Å². The highest BCUT2D eigenvalue weighted by molar-refractivity contribution is 6.35. The van der Waals surface area contributed by atoms with Gasteiger partial charge in [-0.05, 0) is 61.3 Å². The van der Waals surface area contributed by atoms with E-state index in [0.717, 1.165) is 42.7 Å². The summed E-state index contributed by atoms with van der Waals surface area (Å²) in [7, 11) is 4.00. The third-order valence-electron chi connectivity index (χ3n) is 5.40. The topological polar surface area (TPSA) is 64.7 Å². The number of amides is 2. The first kappa shape index (κ1) is 21.8. The Labute approximate surface area is 177 Å². The second-order valence-electron chi connectivity index (χ2n) is 7.76. The lowest BCUT2D eigenvalue weighted by Gasteiger charge is -2.28. The molecule has 0 aliphatic carbocycles. The Balaban J connectivity index is 1.58. The molecule has 1 atom stereocenters. The minimum absolute atomic E-state index is 0.0255. The molecule has 6 nitrogen and oxygen atoms in total. The fraction of sp³-hybridized carbons (Fsp3) is 0.391. The Kier molecular flexibility index (Phi) is 7.41. The quantitative estimate of drug-likeness (QED) is 0.686. The summed E-state index contributed by atoms with van der Waals surface area (Å²) in [6.45, 7) is 2.50. The van der Waals surface area contributed by atoms with Gasteiger partial charge in [-0.3, -0.25) is 14.5 Å². The monoisotopic (exact) mass is 412 g/mol. The molecule has 1 unspecified atom stereocenters. The molecular formula is C23H29FN4O2. The number of halogens is 1. The van der Waals surface area contributed by atoms with E-state index in [9.17, 15) is 14.0 Å². The van der Waals surface area contributed by atoms with E-state index in [2.05, 4.69) is 39.8 Å². The van der Waals surface area contributed by atoms with Crippen molar-refractivity contribution in [2.45, 2.75) is 25.4 Å². The number of nitrogens with one attached hydrogen (secondary N) is 2. The van der Waals surface area contributed by atoms with Gasteiger partial charge in [-0.1, -0.05) is 24.3 Å². The van der Waals surface area contributed by atoms with Gasteiger partial charge in [0.1, 0.15) is 5.82 Å². The van der Waals surface area contributed by atoms with E-state index < -0.39 is 11.8 Å². The minimum atomic E-state index is -0.692. The van der Waals surface area contributed by atoms with Gasteiger partial charge in [0.2, 0.25) is 0 Å². The first-order chi connectivity index (χ1) is 14.4. The minimum Gasteiger partial charge on any atom is -0.378 e. The largest absolute Gasteiger partial charge is 0.378 e. The lowest BCUT2D eigenvalue weighted by Crippen LogP contribution is -2.43. The number of carbonyl (C=O) groups excluding carboxylic acids is 2. The third kappa shape index (κ3) is 5.79. The maximum atomic E-state index is 13.0. The molecule has 160 valence electrons. The molecule has 2 N–H and O–H groups in total. The number of likely N-dealkylation sites (tertiary alicyclic amines) is 1. The molecule has 1 saturated heterocycles. The molecule has 7 heteroatoms. The molecule has 1 aliphatic rings. The molecular weight excluding hydrogens is 383 g/mol. The van der Waals surface area contributed by atoms with Crippen molar-refractivity contribution >= 4 is 17.5 Å². The molecule has 2 aromatic rings. The van der Waals surface area contributed by atoms with Crippen LogP contribution in [0.3, 0.4) is 0 Å². The second-order valence-corrected chi connectivity index (χ2v) is 7.76. The number of benzene rings is 2. The van der Waals surface area contributed by atoms with Gasteiger partial charge in [0.25, 0.3) is 0 Å². The fourth-order valence-electron chi connectivity index (χ4n) is 3.64. The highest BCUT2D eigenvalue weighted by Crippen LogP contribution is 2.26. The zero-order valence-electron chi connectivity index (χ0n) is 17.5. The van der Waals surface area contributed by atoms with Crippen molar-refractivity contribution in [1.82, 2.24) is 15.5 Å². The van der Waals surface area contributed by atoms with Gasteiger partial charge in [-0.25, -0.2) is 4.39 Å². The third-order valence-corrected chi connectivity index (χ3v) is 5.40. The molecule has 3 rings (SSSR count). The van der Waals surface area contributed by atoms with E-state index in [4.69, 9.17) is 0 Å².